The van der Waals surface area contributed by atoms with Crippen molar-refractivity contribution in [2.75, 3.05) is 0 Å². The minimum Gasteiger partial charge on any atom is -0.277 e. The Balaban J connectivity index is 0.00000118. The van der Waals surface area contributed by atoms with Gasteiger partial charge in [0.15, 0.2) is 0 Å². The summed E-state index contributed by atoms with van der Waals surface area (Å²) in [5, 5.41) is 11.1. The van der Waals surface area contributed by atoms with Gasteiger partial charge in [-0.3, -0.25) is 4.57 Å². The molecule has 0 radical (unpaired) electrons. The minimum absolute atomic E-state index is 0.677. The molecule has 266 valence electrons. The number of para-hydroxylation sites is 1. The quantitative estimate of drug-likeness (QED) is 0.180. The molecular weight excluding hydrogens is 719 g/mol. The smallest absolute Gasteiger partial charge is 0.235 e. The van der Waals surface area contributed by atoms with Gasteiger partial charge in [-0.1, -0.05) is 148 Å². The number of nitrogens with zero attached hydrogens (tertiary/aromatic N) is 3. The zero-order chi connectivity index (χ0) is 37.3. The van der Waals surface area contributed by atoms with Gasteiger partial charge in [0.05, 0.1) is 26.9 Å². The first-order valence-electron chi connectivity index (χ1n) is 19.2. The third kappa shape index (κ3) is 5.08. The first kappa shape index (κ1) is 33.0. The van der Waals surface area contributed by atoms with Gasteiger partial charge < -0.3 is 0 Å². The van der Waals surface area contributed by atoms with Crippen LogP contribution < -0.4 is 0 Å². The fourth-order valence-corrected chi connectivity index (χ4v) is 10.6. The summed E-state index contributed by atoms with van der Waals surface area (Å²) in [6.07, 6.45) is 1.25. The summed E-state index contributed by atoms with van der Waals surface area (Å²) in [6.45, 7) is 4.25. The largest absolute Gasteiger partial charge is 0.277 e. The summed E-state index contributed by atoms with van der Waals surface area (Å²) in [4.78, 5) is 11.0. The molecule has 0 fully saturated rings. The van der Waals surface area contributed by atoms with Crippen molar-refractivity contribution in [1.29, 1.82) is 0 Å². The molecule has 0 aliphatic rings. The van der Waals surface area contributed by atoms with E-state index in [4.69, 9.17) is 9.97 Å². The zero-order valence-corrected chi connectivity index (χ0v) is 32.6. The molecule has 5 heteroatoms. The Morgan fingerprint density at radius 2 is 1.16 bits per heavy atom. The van der Waals surface area contributed by atoms with Crippen LogP contribution in [0.1, 0.15) is 20.3 Å². The Kier molecular flexibility index (Phi) is 7.73. The van der Waals surface area contributed by atoms with E-state index in [2.05, 4.69) is 182 Å². The maximum Gasteiger partial charge on any atom is 0.235 e. The van der Waals surface area contributed by atoms with Crippen molar-refractivity contribution < 1.29 is 0 Å². The predicted octanol–water partition coefficient (Wildman–Crippen LogP) is 15.4. The fourth-order valence-electron chi connectivity index (χ4n) is 8.38. The van der Waals surface area contributed by atoms with E-state index in [1.807, 2.05) is 11.3 Å². The van der Waals surface area contributed by atoms with E-state index in [0.29, 0.717) is 5.95 Å². The van der Waals surface area contributed by atoms with Gasteiger partial charge in [0.25, 0.3) is 0 Å². The van der Waals surface area contributed by atoms with E-state index in [0.717, 1.165) is 43.5 Å². The van der Waals surface area contributed by atoms with Gasteiger partial charge >= 0.3 is 0 Å². The number of thiophene rings is 2. The lowest BCUT2D eigenvalue weighted by atomic mass is 9.98. The number of fused-ring (bicyclic) bond motifs is 12. The van der Waals surface area contributed by atoms with Gasteiger partial charge in [-0.2, -0.15) is 0 Å². The van der Waals surface area contributed by atoms with Crippen LogP contribution in [0.4, 0.5) is 0 Å². The van der Waals surface area contributed by atoms with Gasteiger partial charge in [0.1, 0.15) is 0 Å². The molecule has 3 nitrogen and oxygen atoms in total. The lowest BCUT2D eigenvalue weighted by Gasteiger charge is -2.13. The van der Waals surface area contributed by atoms with Crippen LogP contribution in [0.15, 0.2) is 164 Å². The average molecular weight is 754 g/mol. The van der Waals surface area contributed by atoms with Gasteiger partial charge in [0, 0.05) is 52.2 Å². The lowest BCUT2D eigenvalue weighted by Crippen LogP contribution is -2.03. The van der Waals surface area contributed by atoms with E-state index >= 15 is 0 Å². The van der Waals surface area contributed by atoms with Crippen molar-refractivity contribution in [2.24, 2.45) is 0 Å². The number of benzene rings is 8. The van der Waals surface area contributed by atoms with E-state index in [9.17, 15) is 0 Å². The second kappa shape index (κ2) is 13.1. The van der Waals surface area contributed by atoms with E-state index < -0.39 is 0 Å². The Bertz CT molecular complexity index is 3480. The normalized spacial score (nSPS) is 11.8. The van der Waals surface area contributed by atoms with E-state index in [1.165, 1.54) is 69.2 Å². The first-order valence-corrected chi connectivity index (χ1v) is 20.9. The molecular formula is C51H35N3S2. The van der Waals surface area contributed by atoms with Crippen LogP contribution in [0.2, 0.25) is 0 Å². The molecule has 8 aromatic carbocycles. The molecule has 0 atom stereocenters. The van der Waals surface area contributed by atoms with Crippen LogP contribution in [-0.4, -0.2) is 14.5 Å². The summed E-state index contributed by atoms with van der Waals surface area (Å²) >= 11 is 3.64. The minimum atomic E-state index is 0.677. The number of hydrogen-bond donors (Lipinski definition) is 0. The highest BCUT2D eigenvalue weighted by Crippen LogP contribution is 2.45. The zero-order valence-electron chi connectivity index (χ0n) is 31.0. The maximum atomic E-state index is 5.50. The highest BCUT2D eigenvalue weighted by molar-refractivity contribution is 7.26. The van der Waals surface area contributed by atoms with Gasteiger partial charge in [-0.15, -0.1) is 22.7 Å². The SMILES string of the molecule is CCC.c1ccc(-c2nc(-n3c4cc5ccccc5cc4c4cccc(-c5ccc6sc7ccc8ccccc8c7c6c5)c43)nc3c2sc2ccccc23)cc1. The molecule has 12 aromatic rings. The van der Waals surface area contributed by atoms with Gasteiger partial charge in [0.2, 0.25) is 5.95 Å². The Morgan fingerprint density at radius 3 is 2.00 bits per heavy atom. The third-order valence-electron chi connectivity index (χ3n) is 10.8. The van der Waals surface area contributed by atoms with E-state index in [-0.39, 0.29) is 0 Å². The lowest BCUT2D eigenvalue weighted by molar-refractivity contribution is 1.02. The highest BCUT2D eigenvalue weighted by atomic mass is 32.1. The van der Waals surface area contributed by atoms with Gasteiger partial charge in [-0.25, -0.2) is 9.97 Å². The van der Waals surface area contributed by atoms with Crippen LogP contribution in [0.25, 0.3) is 112 Å². The Labute approximate surface area is 331 Å². The second-order valence-corrected chi connectivity index (χ2v) is 16.6. The molecule has 12 rings (SSSR count). The summed E-state index contributed by atoms with van der Waals surface area (Å²) in [5.74, 6) is 0.677. The monoisotopic (exact) mass is 753 g/mol. The summed E-state index contributed by atoms with van der Waals surface area (Å²) in [5.41, 5.74) is 7.57. The number of hydrogen-bond acceptors (Lipinski definition) is 4. The Morgan fingerprint density at radius 1 is 0.482 bits per heavy atom. The van der Waals surface area contributed by atoms with Crippen molar-refractivity contribution in [1.82, 2.24) is 14.5 Å². The molecule has 0 bridgehead atoms. The fraction of sp³-hybridized carbons (Fsp3) is 0.0588. The first-order chi connectivity index (χ1) is 27.7. The molecule has 0 saturated carbocycles. The van der Waals surface area contributed by atoms with Crippen molar-refractivity contribution in [3.8, 4) is 28.3 Å². The van der Waals surface area contributed by atoms with Crippen LogP contribution in [0.5, 0.6) is 0 Å². The van der Waals surface area contributed by atoms with Crippen molar-refractivity contribution >= 4 is 106 Å². The molecule has 0 N–H and O–H groups in total. The molecule has 0 aliphatic carbocycles. The van der Waals surface area contributed by atoms with Crippen LogP contribution in [0.3, 0.4) is 0 Å². The number of aromatic nitrogens is 3. The van der Waals surface area contributed by atoms with Crippen molar-refractivity contribution in [3.63, 3.8) is 0 Å². The summed E-state index contributed by atoms with van der Waals surface area (Å²) in [6, 6.07) is 59.4. The Hall–Kier alpha value is -6.40. The highest BCUT2D eigenvalue weighted by Gasteiger charge is 2.23. The molecule has 4 aromatic heterocycles. The maximum absolute atomic E-state index is 5.50. The van der Waals surface area contributed by atoms with Crippen molar-refractivity contribution in [2.45, 2.75) is 20.3 Å². The molecule has 4 heterocycles. The molecule has 0 aliphatic heterocycles. The van der Waals surface area contributed by atoms with Crippen LogP contribution in [0, 0.1) is 0 Å². The van der Waals surface area contributed by atoms with Crippen molar-refractivity contribution in [3.05, 3.63) is 164 Å². The van der Waals surface area contributed by atoms with E-state index in [1.54, 1.807) is 11.3 Å². The summed E-state index contributed by atoms with van der Waals surface area (Å²) in [7, 11) is 0. The molecule has 0 amide bonds. The summed E-state index contributed by atoms with van der Waals surface area (Å²) < 4.78 is 7.26. The second-order valence-electron chi connectivity index (χ2n) is 14.4. The third-order valence-corrected chi connectivity index (χ3v) is 13.1. The number of rotatable bonds is 3. The molecule has 0 saturated heterocycles. The van der Waals surface area contributed by atoms with Gasteiger partial charge in [-0.05, 0) is 63.5 Å². The van der Waals surface area contributed by atoms with Crippen LogP contribution in [-0.2, 0) is 0 Å². The standard InChI is InChI=1S/C48H27N3S2.C3H8/c1-2-12-29(13-3-1)44-47-45(36-17-8-9-20-40(36)53-47)50-48(49-44)51-39-27-31-15-5-4-14-30(31)25-37(39)35-19-10-18-34(46(35)51)32-22-23-41-38(26-32)43-33-16-7-6-11-28(33)21-24-42(43)52-41;1-3-2/h1-27H;3H2,1-2H3. The predicted molar refractivity (Wildman–Crippen MR) is 244 cm³/mol. The molecule has 56 heavy (non-hydrogen) atoms. The molecule has 0 spiro atoms. The molecule has 0 unspecified atom stereocenters. The van der Waals surface area contributed by atoms with Crippen LogP contribution >= 0.6 is 22.7 Å². The topological polar surface area (TPSA) is 30.7 Å². The average Bonchev–Trinajstić information content (AvgIpc) is 3.92.